The van der Waals surface area contributed by atoms with Gasteiger partial charge in [-0.3, -0.25) is 4.79 Å². The van der Waals surface area contributed by atoms with Crippen LogP contribution in [0.2, 0.25) is 0 Å². The third-order valence-electron chi connectivity index (χ3n) is 4.92. The van der Waals surface area contributed by atoms with E-state index in [0.717, 1.165) is 39.1 Å². The van der Waals surface area contributed by atoms with Crippen LogP contribution in [0.3, 0.4) is 0 Å². The molecule has 0 radical (unpaired) electrons. The fourth-order valence-corrected chi connectivity index (χ4v) is 3.38. The Morgan fingerprint density at radius 2 is 1.91 bits per heavy atom. The van der Waals surface area contributed by atoms with Gasteiger partial charge in [0.2, 0.25) is 5.91 Å². The van der Waals surface area contributed by atoms with Crippen LogP contribution in [0.15, 0.2) is 0 Å². The summed E-state index contributed by atoms with van der Waals surface area (Å²) in [5, 5.41) is 3.08. The number of likely N-dealkylation sites (tertiary alicyclic amines) is 1. The minimum atomic E-state index is -0.376. The van der Waals surface area contributed by atoms with Crippen LogP contribution in [0.1, 0.15) is 39.5 Å². The molecule has 1 amide bonds. The van der Waals surface area contributed by atoms with Crippen molar-refractivity contribution in [3.05, 3.63) is 0 Å². The van der Waals surface area contributed by atoms with Gasteiger partial charge in [-0.2, -0.15) is 0 Å². The lowest BCUT2D eigenvalue weighted by atomic mass is 9.91. The highest BCUT2D eigenvalue weighted by Gasteiger charge is 2.27. The van der Waals surface area contributed by atoms with Crippen molar-refractivity contribution in [2.24, 2.45) is 17.6 Å². The first-order valence-corrected chi connectivity index (χ1v) is 8.43. The molecule has 0 aromatic carbocycles. The van der Waals surface area contributed by atoms with Crippen molar-refractivity contribution in [1.29, 1.82) is 0 Å². The molecule has 2 aliphatic rings. The van der Waals surface area contributed by atoms with Crippen molar-refractivity contribution in [2.75, 3.05) is 32.8 Å². The smallest absolute Gasteiger partial charge is 0.237 e. The molecule has 2 saturated heterocycles. The summed E-state index contributed by atoms with van der Waals surface area (Å²) in [6.45, 7) is 8.98. The summed E-state index contributed by atoms with van der Waals surface area (Å²) in [4.78, 5) is 14.7. The van der Waals surface area contributed by atoms with Crippen molar-refractivity contribution in [3.8, 4) is 0 Å². The SMILES string of the molecule is CC(C)N1CCCC(CNC(=O)C(N)C2CCOCC2)C1.Cl.Cl. The van der Waals surface area contributed by atoms with E-state index in [0.29, 0.717) is 12.0 Å². The molecular formula is C16H33Cl2N3O2. The Morgan fingerprint density at radius 1 is 1.26 bits per heavy atom. The minimum absolute atomic E-state index is 0. The number of ether oxygens (including phenoxy) is 1. The summed E-state index contributed by atoms with van der Waals surface area (Å²) in [6, 6.07) is 0.215. The first-order valence-electron chi connectivity index (χ1n) is 8.43. The minimum Gasteiger partial charge on any atom is -0.381 e. The van der Waals surface area contributed by atoms with Crippen molar-refractivity contribution < 1.29 is 9.53 Å². The molecule has 0 aromatic heterocycles. The molecule has 2 aliphatic heterocycles. The molecule has 2 atom stereocenters. The molecule has 2 unspecified atom stereocenters. The summed E-state index contributed by atoms with van der Waals surface area (Å²) >= 11 is 0. The molecule has 23 heavy (non-hydrogen) atoms. The number of halogens is 2. The molecular weight excluding hydrogens is 337 g/mol. The number of nitrogens with one attached hydrogen (secondary N) is 1. The van der Waals surface area contributed by atoms with Gasteiger partial charge >= 0.3 is 0 Å². The summed E-state index contributed by atoms with van der Waals surface area (Å²) < 4.78 is 5.33. The lowest BCUT2D eigenvalue weighted by Crippen LogP contribution is -2.50. The first kappa shape index (κ1) is 22.9. The molecule has 0 spiro atoms. The molecule has 0 saturated carbocycles. The Balaban J connectivity index is 0.00000242. The molecule has 2 rings (SSSR count). The zero-order valence-corrected chi connectivity index (χ0v) is 16.0. The highest BCUT2D eigenvalue weighted by Crippen LogP contribution is 2.19. The van der Waals surface area contributed by atoms with E-state index < -0.39 is 0 Å². The largest absolute Gasteiger partial charge is 0.381 e. The maximum Gasteiger partial charge on any atom is 0.237 e. The monoisotopic (exact) mass is 369 g/mol. The molecule has 5 nitrogen and oxygen atoms in total. The molecule has 138 valence electrons. The van der Waals surface area contributed by atoms with Gasteiger partial charge in [-0.25, -0.2) is 0 Å². The average molecular weight is 370 g/mol. The number of hydrogen-bond donors (Lipinski definition) is 2. The van der Waals surface area contributed by atoms with E-state index in [4.69, 9.17) is 10.5 Å². The second-order valence-corrected chi connectivity index (χ2v) is 6.82. The first-order chi connectivity index (χ1) is 10.1. The zero-order chi connectivity index (χ0) is 15.2. The van der Waals surface area contributed by atoms with Crippen LogP contribution in [0.4, 0.5) is 0 Å². The van der Waals surface area contributed by atoms with Crippen molar-refractivity contribution >= 4 is 30.7 Å². The van der Waals surface area contributed by atoms with Gasteiger partial charge in [0.25, 0.3) is 0 Å². The predicted molar refractivity (Wildman–Crippen MR) is 98.5 cm³/mol. The van der Waals surface area contributed by atoms with E-state index in [1.54, 1.807) is 0 Å². The quantitative estimate of drug-likeness (QED) is 0.775. The summed E-state index contributed by atoms with van der Waals surface area (Å²) in [5.74, 6) is 0.854. The van der Waals surface area contributed by atoms with Gasteiger partial charge in [0.15, 0.2) is 0 Å². The Bertz CT molecular complexity index is 339. The maximum absolute atomic E-state index is 12.2. The lowest BCUT2D eigenvalue weighted by Gasteiger charge is -2.35. The van der Waals surface area contributed by atoms with E-state index in [1.807, 2.05) is 0 Å². The zero-order valence-electron chi connectivity index (χ0n) is 14.3. The van der Waals surface area contributed by atoms with Gasteiger partial charge in [-0.1, -0.05) is 0 Å². The van der Waals surface area contributed by atoms with Crippen LogP contribution in [0.25, 0.3) is 0 Å². The van der Waals surface area contributed by atoms with Gasteiger partial charge in [-0.05, 0) is 57.9 Å². The molecule has 3 N–H and O–H groups in total. The van der Waals surface area contributed by atoms with Crippen LogP contribution in [-0.4, -0.2) is 55.7 Å². The van der Waals surface area contributed by atoms with E-state index in [-0.39, 0.29) is 42.7 Å². The third-order valence-corrected chi connectivity index (χ3v) is 4.92. The normalized spacial score (nSPS) is 24.4. The van der Waals surface area contributed by atoms with Gasteiger partial charge in [0, 0.05) is 32.3 Å². The lowest BCUT2D eigenvalue weighted by molar-refractivity contribution is -0.124. The van der Waals surface area contributed by atoms with E-state index in [2.05, 4.69) is 24.1 Å². The van der Waals surface area contributed by atoms with Crippen LogP contribution in [0, 0.1) is 11.8 Å². The third kappa shape index (κ3) is 7.14. The van der Waals surface area contributed by atoms with Crippen LogP contribution >= 0.6 is 24.8 Å². The maximum atomic E-state index is 12.2. The number of piperidine rings is 1. The number of nitrogens with zero attached hydrogens (tertiary/aromatic N) is 1. The van der Waals surface area contributed by atoms with Crippen LogP contribution in [0.5, 0.6) is 0 Å². The van der Waals surface area contributed by atoms with Crippen molar-refractivity contribution in [2.45, 2.75) is 51.6 Å². The van der Waals surface area contributed by atoms with Gasteiger partial charge < -0.3 is 20.7 Å². The van der Waals surface area contributed by atoms with Crippen LogP contribution in [-0.2, 0) is 9.53 Å². The summed E-state index contributed by atoms with van der Waals surface area (Å²) in [7, 11) is 0. The number of amides is 1. The highest BCUT2D eigenvalue weighted by molar-refractivity contribution is 5.85. The Hall–Kier alpha value is -0.0700. The summed E-state index contributed by atoms with van der Waals surface area (Å²) in [6.07, 6.45) is 4.24. The second-order valence-electron chi connectivity index (χ2n) is 6.82. The number of nitrogens with two attached hydrogens (primary N) is 1. The standard InChI is InChI=1S/C16H31N3O2.2ClH/c1-12(2)19-7-3-4-13(11-19)10-18-16(20)15(17)14-5-8-21-9-6-14;;/h12-15H,3-11,17H2,1-2H3,(H,18,20);2*1H. The van der Waals surface area contributed by atoms with Crippen LogP contribution < -0.4 is 11.1 Å². The van der Waals surface area contributed by atoms with Crippen molar-refractivity contribution in [1.82, 2.24) is 10.2 Å². The number of carbonyl (C=O) groups is 1. The Morgan fingerprint density at radius 3 is 2.52 bits per heavy atom. The summed E-state index contributed by atoms with van der Waals surface area (Å²) in [5.41, 5.74) is 6.11. The Kier molecular flexibility index (Phi) is 11.4. The molecule has 7 heteroatoms. The number of carbonyl (C=O) groups excluding carboxylic acids is 1. The van der Waals surface area contributed by atoms with E-state index in [1.165, 1.54) is 19.4 Å². The molecule has 0 aliphatic carbocycles. The average Bonchev–Trinajstić information content (AvgIpc) is 2.53. The molecule has 2 fully saturated rings. The van der Waals surface area contributed by atoms with Crippen molar-refractivity contribution in [3.63, 3.8) is 0 Å². The van der Waals surface area contributed by atoms with Gasteiger partial charge in [0.1, 0.15) is 0 Å². The molecule has 0 bridgehead atoms. The van der Waals surface area contributed by atoms with Gasteiger partial charge in [0.05, 0.1) is 6.04 Å². The fraction of sp³-hybridized carbons (Fsp3) is 0.938. The van der Waals surface area contributed by atoms with Gasteiger partial charge in [-0.15, -0.1) is 24.8 Å². The number of hydrogen-bond acceptors (Lipinski definition) is 4. The molecule has 0 aromatic rings. The Labute approximate surface area is 152 Å². The predicted octanol–water partition coefficient (Wildman–Crippen LogP) is 1.82. The second kappa shape index (κ2) is 11.5. The topological polar surface area (TPSA) is 67.6 Å². The highest BCUT2D eigenvalue weighted by atomic mass is 35.5. The fourth-order valence-electron chi connectivity index (χ4n) is 3.38. The van der Waals surface area contributed by atoms with E-state index in [9.17, 15) is 4.79 Å². The van der Waals surface area contributed by atoms with E-state index >= 15 is 0 Å². The molecule has 2 heterocycles. The number of rotatable bonds is 5.